The van der Waals surface area contributed by atoms with E-state index in [1.54, 1.807) is 0 Å². The Balaban J connectivity index is 0. The van der Waals surface area contributed by atoms with Crippen molar-refractivity contribution in [2.75, 3.05) is 0 Å². The van der Waals surface area contributed by atoms with E-state index < -0.39 is 0 Å². The van der Waals surface area contributed by atoms with Gasteiger partial charge in [0.2, 0.25) is 0 Å². The zero-order valence-electron chi connectivity index (χ0n) is 2.20. The molecule has 16 valence electrons. The maximum atomic E-state index is 0. The predicted molar refractivity (Wildman–Crippen MR) is 0 cm³/mol. The summed E-state index contributed by atoms with van der Waals surface area (Å²) in [5, 5.41) is 0. The van der Waals surface area contributed by atoms with E-state index in [2.05, 4.69) is 0 Å². The molecule has 0 fully saturated rings. The van der Waals surface area contributed by atoms with Crippen LogP contribution in [-0.2, 0) is 22.4 Å². The molecule has 0 aliphatic carbocycles. The Morgan fingerprint density at radius 1 is 0.750 bits per heavy atom. The first kappa shape index (κ1) is 30.2. The molecular weight excluding hydrogens is 264 g/mol. The van der Waals surface area contributed by atoms with Crippen molar-refractivity contribution in [3.8, 4) is 0 Å². The van der Waals surface area contributed by atoms with Gasteiger partial charge in [0.05, 0.1) is 0 Å². The normalized spacial score (nSPS) is 0. The minimum absolute atomic E-state index is 0. The third kappa shape index (κ3) is 8.82. The molecule has 0 saturated heterocycles. The van der Waals surface area contributed by atoms with Crippen molar-refractivity contribution >= 4 is 0 Å². The molecule has 0 atom stereocenters. The van der Waals surface area contributed by atoms with Crippen LogP contribution in [0.3, 0.4) is 0 Å². The maximum absolute atomic E-state index is 0. The van der Waals surface area contributed by atoms with Crippen LogP contribution >= 0.6 is 0 Å². The van der Waals surface area contributed by atoms with Crippen LogP contribution in [0.4, 0.5) is 0 Å². The summed E-state index contributed by atoms with van der Waals surface area (Å²) < 4.78 is 0. The van der Waals surface area contributed by atoms with Crippen LogP contribution < -0.4 is 78.3 Å². The van der Waals surface area contributed by atoms with Gasteiger partial charge < -0.3 is 9.41 Å². The first-order valence-corrected chi connectivity index (χ1v) is 0. The molecule has 0 aromatic carbocycles. The zero-order chi connectivity index (χ0) is 0. The van der Waals surface area contributed by atoms with Crippen molar-refractivity contribution < 1.29 is 101 Å². The van der Waals surface area contributed by atoms with Gasteiger partial charge >= 0.3 is 91.3 Å². The molecule has 0 heterocycles. The summed E-state index contributed by atoms with van der Waals surface area (Å²) in [6.45, 7) is 0. The summed E-state index contributed by atoms with van der Waals surface area (Å²) in [6, 6.07) is 0. The largest absolute Gasteiger partial charge is 5.00 e. The van der Waals surface area contributed by atoms with Crippen molar-refractivity contribution in [2.45, 2.75) is 0 Å². The molecule has 0 aliphatic heterocycles. The van der Waals surface area contributed by atoms with E-state index in [0.29, 0.717) is 0 Å². The van der Waals surface area contributed by atoms with Gasteiger partial charge in [-0.3, -0.25) is 0 Å². The summed E-state index contributed by atoms with van der Waals surface area (Å²) in [7, 11) is 0. The fourth-order valence-electron chi connectivity index (χ4n) is 0. The topological polar surface area (TPSA) is 0 Å². The Bertz CT molecular complexity index is 6.00. The van der Waals surface area contributed by atoms with Gasteiger partial charge in [0.15, 0.2) is 0 Å². The maximum Gasteiger partial charge on any atom is 5.00 e. The summed E-state index contributed by atoms with van der Waals surface area (Å²) in [4.78, 5) is 0. The number of rotatable bonds is 0. The Hall–Kier alpha value is 2.65. The molecule has 0 saturated carbocycles. The van der Waals surface area contributed by atoms with E-state index in [1.165, 1.54) is 0 Å². The number of hydrogen-bond donors (Lipinski definition) is 0. The van der Waals surface area contributed by atoms with Crippen LogP contribution in [0.15, 0.2) is 0 Å². The van der Waals surface area contributed by atoms with Crippen LogP contribution in [0, 0.1) is 0 Å². The first-order valence-electron chi connectivity index (χ1n) is 0. The second kappa shape index (κ2) is 17.4. The van der Waals surface area contributed by atoms with Gasteiger partial charge in [0.1, 0.15) is 0 Å². The molecule has 0 radical (unpaired) electrons. The van der Waals surface area contributed by atoms with Gasteiger partial charge in [0, 0.05) is 0 Å². The Morgan fingerprint density at radius 2 is 0.750 bits per heavy atom. The minimum atomic E-state index is 0. The van der Waals surface area contributed by atoms with E-state index in [4.69, 9.17) is 0 Å². The summed E-state index contributed by atoms with van der Waals surface area (Å²) in [6.07, 6.45) is 0. The molecule has 0 aromatic rings. The van der Waals surface area contributed by atoms with Gasteiger partial charge in [-0.25, -0.2) is 0 Å². The second-order valence-electron chi connectivity index (χ2n) is 0. The molecule has 0 nitrogen and oxygen atoms in total. The molecule has 0 unspecified atom stereocenters. The second-order valence-corrected chi connectivity index (χ2v) is 0. The fourth-order valence-corrected chi connectivity index (χ4v) is 0. The Morgan fingerprint density at radius 3 is 0.750 bits per heavy atom. The third-order valence-electron chi connectivity index (χ3n) is 0. The smallest absolute Gasteiger partial charge is 1.00 e. The van der Waals surface area contributed by atoms with E-state index in [-0.39, 0.29) is 101 Å². The van der Waals surface area contributed by atoms with Crippen LogP contribution in [-0.4, -0.2) is 0 Å². The summed E-state index contributed by atoms with van der Waals surface area (Å²) in [5.74, 6) is 0. The molecule has 0 amide bonds. The fraction of sp³-hybridized carbons (Fsp3) is 0. The van der Waals surface area contributed by atoms with Crippen molar-refractivity contribution in [3.63, 3.8) is 0 Å². The van der Waals surface area contributed by atoms with Crippen LogP contribution in [0.1, 0.15) is 0 Å². The van der Waals surface area contributed by atoms with Gasteiger partial charge in [-0.1, -0.05) is 0 Å². The van der Waals surface area contributed by atoms with Gasteiger partial charge in [0.25, 0.3) is 0 Å². The van der Waals surface area contributed by atoms with Crippen molar-refractivity contribution in [1.29, 1.82) is 0 Å². The molecule has 0 N–H and O–H groups in total. The molecule has 4 heavy (non-hydrogen) atoms. The van der Waals surface area contributed by atoms with Crippen LogP contribution in [0.5, 0.6) is 0 Å². The van der Waals surface area contributed by atoms with Crippen molar-refractivity contribution in [1.82, 2.24) is 0 Å². The minimum Gasteiger partial charge on any atom is -1.00 e. The number of halogens is 2. The molecule has 4 heteroatoms. The SMILES string of the molecule is [Cs+].[F-].[F-].[Nb+5]. The van der Waals surface area contributed by atoms with E-state index in [1.807, 2.05) is 0 Å². The van der Waals surface area contributed by atoms with Gasteiger partial charge in [-0.05, 0) is 0 Å². The molecule has 0 rings (SSSR count). The standard InChI is InChI=1S/Cs.2FH.Nb/h;2*1H;/q+1;;;+5/p-2. The zero-order valence-corrected chi connectivity index (χ0v) is 10.7. The molecule has 0 aliphatic rings. The monoisotopic (exact) mass is 264 g/mol. The molecular formula is CsF2Nb+4. The quantitative estimate of drug-likeness (QED) is 0.381. The van der Waals surface area contributed by atoms with Crippen molar-refractivity contribution in [3.05, 3.63) is 0 Å². The first-order chi connectivity index (χ1) is 0. The van der Waals surface area contributed by atoms with Gasteiger partial charge in [-0.2, -0.15) is 0 Å². The average Bonchev–Trinajstić information content (AvgIpc) is 0. The summed E-state index contributed by atoms with van der Waals surface area (Å²) >= 11 is 0. The molecule has 0 bridgehead atoms. The van der Waals surface area contributed by atoms with Crippen molar-refractivity contribution in [2.24, 2.45) is 0 Å². The van der Waals surface area contributed by atoms with Gasteiger partial charge in [-0.15, -0.1) is 0 Å². The predicted octanol–water partition coefficient (Wildman–Crippen LogP) is -8.99. The van der Waals surface area contributed by atoms with Crippen LogP contribution in [0.2, 0.25) is 0 Å². The molecule has 0 aromatic heterocycles. The Labute approximate surface area is 97.8 Å². The Kier molecular flexibility index (Phi) is 131. The summed E-state index contributed by atoms with van der Waals surface area (Å²) in [5.41, 5.74) is 0. The van der Waals surface area contributed by atoms with E-state index >= 15 is 0 Å². The number of hydrogen-bond acceptors (Lipinski definition) is 0. The average molecular weight is 264 g/mol. The molecule has 0 spiro atoms. The van der Waals surface area contributed by atoms with Crippen LogP contribution in [0.25, 0.3) is 0 Å². The third-order valence-corrected chi connectivity index (χ3v) is 0. The van der Waals surface area contributed by atoms with E-state index in [9.17, 15) is 0 Å². The van der Waals surface area contributed by atoms with E-state index in [0.717, 1.165) is 0 Å².